The molecule has 3 aromatic rings. The molecule has 1 fully saturated rings. The van der Waals surface area contributed by atoms with E-state index in [1.807, 2.05) is 0 Å². The van der Waals surface area contributed by atoms with E-state index < -0.39 is 30.3 Å². The Labute approximate surface area is 158 Å². The number of hydrogen-bond acceptors (Lipinski definition) is 7. The van der Waals surface area contributed by atoms with Crippen LogP contribution in [0.4, 0.5) is 0 Å². The summed E-state index contributed by atoms with van der Waals surface area (Å²) in [5.41, 5.74) is 1.94. The van der Waals surface area contributed by atoms with Gasteiger partial charge in [0.1, 0.15) is 11.8 Å². The van der Waals surface area contributed by atoms with Crippen LogP contribution in [0, 0.1) is 5.92 Å². The molecule has 0 saturated heterocycles. The van der Waals surface area contributed by atoms with Gasteiger partial charge in [0.15, 0.2) is 5.52 Å². The number of aliphatic hydroxyl groups excluding tert-OH is 3. The minimum Gasteiger partial charge on any atom is -0.390 e. The average Bonchev–Trinajstić information content (AvgIpc) is 3.23. The first-order chi connectivity index (χ1) is 13.0. The van der Waals surface area contributed by atoms with Gasteiger partial charge in [0.05, 0.1) is 30.9 Å². The van der Waals surface area contributed by atoms with E-state index in [1.54, 1.807) is 28.8 Å². The number of aromatic amines is 1. The van der Waals surface area contributed by atoms with Crippen molar-refractivity contribution in [2.24, 2.45) is 16.9 Å². The van der Waals surface area contributed by atoms with E-state index in [4.69, 9.17) is 17.4 Å². The Bertz CT molecular complexity index is 1020. The maximum Gasteiger partial charge on any atom is 0.202 e. The molecule has 1 aliphatic rings. The molecule has 10 heteroatoms. The van der Waals surface area contributed by atoms with E-state index in [0.29, 0.717) is 28.2 Å². The summed E-state index contributed by atoms with van der Waals surface area (Å²) in [4.78, 5) is 11.2. The van der Waals surface area contributed by atoms with Crippen LogP contribution in [0.3, 0.4) is 0 Å². The number of imidazole rings is 1. The van der Waals surface area contributed by atoms with Crippen LogP contribution in [0.1, 0.15) is 24.1 Å². The van der Waals surface area contributed by atoms with Gasteiger partial charge in [-0.25, -0.2) is 9.97 Å². The van der Waals surface area contributed by atoms with E-state index in [9.17, 15) is 15.3 Å². The molecule has 1 saturated carbocycles. The lowest BCUT2D eigenvalue weighted by Gasteiger charge is -2.22. The molecule has 142 valence electrons. The van der Waals surface area contributed by atoms with Crippen molar-refractivity contribution in [2.45, 2.75) is 30.8 Å². The van der Waals surface area contributed by atoms with Crippen LogP contribution in [0.25, 0.3) is 11.2 Å². The van der Waals surface area contributed by atoms with Gasteiger partial charge in [0, 0.05) is 10.9 Å². The Morgan fingerprint density at radius 2 is 1.96 bits per heavy atom. The molecule has 2 heterocycles. The quantitative estimate of drug-likeness (QED) is 0.319. The number of aromatic nitrogens is 4. The molecular formula is C17H19ClN6O3. The molecular weight excluding hydrogens is 372 g/mol. The normalized spacial score (nSPS) is 27.3. The second-order valence-electron chi connectivity index (χ2n) is 6.65. The largest absolute Gasteiger partial charge is 0.390 e. The molecule has 0 amide bonds. The van der Waals surface area contributed by atoms with Gasteiger partial charge in [-0.2, -0.15) is 5.10 Å². The summed E-state index contributed by atoms with van der Waals surface area (Å²) in [6, 6.07) is 6.29. The number of halogens is 1. The van der Waals surface area contributed by atoms with Crippen molar-refractivity contribution in [1.29, 1.82) is 0 Å². The number of H-pyrrole nitrogens is 1. The number of nitrogens with two attached hydrogens (primary N) is 1. The molecule has 9 nitrogen and oxygen atoms in total. The number of rotatable bonds is 3. The van der Waals surface area contributed by atoms with Crippen molar-refractivity contribution in [3.8, 4) is 0 Å². The Morgan fingerprint density at radius 3 is 2.67 bits per heavy atom. The van der Waals surface area contributed by atoms with Gasteiger partial charge in [0.25, 0.3) is 0 Å². The van der Waals surface area contributed by atoms with Crippen molar-refractivity contribution in [3.63, 3.8) is 0 Å². The van der Waals surface area contributed by atoms with Crippen LogP contribution in [0.5, 0.6) is 0 Å². The molecule has 0 spiro atoms. The van der Waals surface area contributed by atoms with Crippen molar-refractivity contribution in [2.75, 3.05) is 0 Å². The Hall–Kier alpha value is -2.46. The van der Waals surface area contributed by atoms with Gasteiger partial charge in [-0.15, -0.1) is 0 Å². The van der Waals surface area contributed by atoms with Crippen LogP contribution < -0.4 is 11.3 Å². The highest BCUT2D eigenvalue weighted by Gasteiger charge is 2.46. The maximum atomic E-state index is 10.7. The van der Waals surface area contributed by atoms with Crippen molar-refractivity contribution >= 4 is 22.8 Å². The molecule has 4 rings (SSSR count). The highest BCUT2D eigenvalue weighted by molar-refractivity contribution is 6.30. The zero-order valence-electron chi connectivity index (χ0n) is 14.1. The molecule has 0 radical (unpaired) electrons. The fourth-order valence-electron chi connectivity index (χ4n) is 3.77. The van der Waals surface area contributed by atoms with Crippen LogP contribution in [0.15, 0.2) is 42.0 Å². The third-order valence-electron chi connectivity index (χ3n) is 5.19. The second kappa shape index (κ2) is 6.93. The monoisotopic (exact) mass is 390 g/mol. The number of nitrogens with zero attached hydrogens (tertiary/aromatic N) is 4. The molecule has 6 N–H and O–H groups in total. The standard InChI is InChI=1S/C17H19ClN6O3/c18-9-3-1-8(2-4-9)13(25)10-5-11(15(27)14(10)26)24-7-22-12-16(23-19)20-6-21-17(12)24/h1-4,6-7,10-11,13-15,25-27H,5,19H2,(H,20,21,23)/t10-,11-,13+,14-,15+/m1/s1. The Morgan fingerprint density at radius 1 is 1.22 bits per heavy atom. The number of fused-ring (bicyclic) bond motifs is 1. The van der Waals surface area contributed by atoms with Gasteiger partial charge in [0.2, 0.25) is 5.49 Å². The highest BCUT2D eigenvalue weighted by Crippen LogP contribution is 2.42. The maximum absolute atomic E-state index is 10.7. The molecule has 0 unspecified atom stereocenters. The van der Waals surface area contributed by atoms with E-state index in [0.717, 1.165) is 0 Å². The predicted molar refractivity (Wildman–Crippen MR) is 97.2 cm³/mol. The average molecular weight is 391 g/mol. The molecule has 1 aliphatic carbocycles. The van der Waals surface area contributed by atoms with Crippen LogP contribution in [0.2, 0.25) is 5.02 Å². The summed E-state index contributed by atoms with van der Waals surface area (Å²) < 4.78 is 1.72. The van der Waals surface area contributed by atoms with E-state index in [-0.39, 0.29) is 5.49 Å². The summed E-state index contributed by atoms with van der Waals surface area (Å²) in [5.74, 6) is 4.78. The van der Waals surface area contributed by atoms with E-state index in [2.05, 4.69) is 20.1 Å². The fraction of sp³-hybridized carbons (Fsp3) is 0.353. The van der Waals surface area contributed by atoms with Gasteiger partial charge in [-0.3, -0.25) is 0 Å². The summed E-state index contributed by atoms with van der Waals surface area (Å²) in [6.07, 6.45) is 0.210. The zero-order chi connectivity index (χ0) is 19.1. The topological polar surface area (TPSA) is 146 Å². The van der Waals surface area contributed by atoms with Crippen LogP contribution in [-0.2, 0) is 0 Å². The first kappa shape index (κ1) is 17.9. The lowest BCUT2D eigenvalue weighted by molar-refractivity contribution is -0.0264. The first-order valence-corrected chi connectivity index (χ1v) is 8.83. The number of hydrogen-bond donors (Lipinski definition) is 5. The molecule has 0 bridgehead atoms. The lowest BCUT2D eigenvalue weighted by Crippen LogP contribution is -2.31. The molecule has 5 atom stereocenters. The van der Waals surface area contributed by atoms with Crippen LogP contribution >= 0.6 is 11.6 Å². The molecule has 27 heavy (non-hydrogen) atoms. The summed E-state index contributed by atoms with van der Waals surface area (Å²) in [5, 5.41) is 36.0. The Kier molecular flexibility index (Phi) is 4.60. The Balaban J connectivity index is 1.67. The lowest BCUT2D eigenvalue weighted by atomic mass is 9.92. The third kappa shape index (κ3) is 2.98. The van der Waals surface area contributed by atoms with Crippen molar-refractivity contribution in [3.05, 3.63) is 53.0 Å². The predicted octanol–water partition coefficient (Wildman–Crippen LogP) is 0.204. The van der Waals surface area contributed by atoms with Crippen molar-refractivity contribution in [1.82, 2.24) is 19.5 Å². The summed E-state index contributed by atoms with van der Waals surface area (Å²) in [6.45, 7) is 0. The third-order valence-corrected chi connectivity index (χ3v) is 5.44. The molecule has 2 aromatic heterocycles. The van der Waals surface area contributed by atoms with E-state index in [1.165, 1.54) is 12.7 Å². The highest BCUT2D eigenvalue weighted by atomic mass is 35.5. The fourth-order valence-corrected chi connectivity index (χ4v) is 3.89. The number of nitrogens with one attached hydrogen (secondary N) is 1. The first-order valence-electron chi connectivity index (χ1n) is 8.45. The zero-order valence-corrected chi connectivity index (χ0v) is 14.9. The van der Waals surface area contributed by atoms with Gasteiger partial charge in [-0.05, 0) is 24.1 Å². The molecule has 1 aromatic carbocycles. The SMILES string of the molecule is N/N=c1/nc[nH]c2c1ncn2[C@@H]1C[C@H]([C@@H](O)c2ccc(Cl)cc2)[C@@H](O)[C@H]1O. The van der Waals surface area contributed by atoms with Gasteiger partial charge < -0.3 is 30.7 Å². The smallest absolute Gasteiger partial charge is 0.202 e. The summed E-state index contributed by atoms with van der Waals surface area (Å²) >= 11 is 5.89. The number of benzene rings is 1. The second-order valence-corrected chi connectivity index (χ2v) is 7.09. The van der Waals surface area contributed by atoms with E-state index >= 15 is 0 Å². The van der Waals surface area contributed by atoms with Crippen LogP contribution in [-0.4, -0.2) is 47.0 Å². The van der Waals surface area contributed by atoms with Crippen molar-refractivity contribution < 1.29 is 15.3 Å². The van der Waals surface area contributed by atoms with Gasteiger partial charge >= 0.3 is 0 Å². The minimum absolute atomic E-state index is 0.272. The summed E-state index contributed by atoms with van der Waals surface area (Å²) in [7, 11) is 0. The number of aliphatic hydroxyl groups is 3. The molecule has 0 aliphatic heterocycles. The van der Waals surface area contributed by atoms with Gasteiger partial charge in [-0.1, -0.05) is 23.7 Å². The minimum atomic E-state index is -1.10.